The number of nitrogens with zero attached hydrogens (tertiary/aromatic N) is 1. The molecule has 0 aromatic heterocycles. The number of para-hydroxylation sites is 1. The number of hydrogen-bond acceptors (Lipinski definition) is 2. The van der Waals surface area contributed by atoms with Gasteiger partial charge in [0.1, 0.15) is 0 Å². The maximum atomic E-state index is 13.0. The summed E-state index contributed by atoms with van der Waals surface area (Å²) >= 11 is 6.88. The van der Waals surface area contributed by atoms with E-state index in [4.69, 9.17) is 0 Å². The van der Waals surface area contributed by atoms with Crippen molar-refractivity contribution in [2.75, 3.05) is 4.90 Å². The van der Waals surface area contributed by atoms with Crippen molar-refractivity contribution in [3.05, 3.63) is 74.7 Å². The number of amides is 2. The van der Waals surface area contributed by atoms with E-state index < -0.39 is 0 Å². The van der Waals surface area contributed by atoms with Crippen molar-refractivity contribution >= 4 is 60.1 Å². The Morgan fingerprint density at radius 2 is 1.17 bits per heavy atom. The zero-order chi connectivity index (χ0) is 16.1. The zero-order valence-corrected chi connectivity index (χ0v) is 14.9. The molecule has 3 nitrogen and oxygen atoms in total. The van der Waals surface area contributed by atoms with Crippen molar-refractivity contribution in [1.82, 2.24) is 0 Å². The van der Waals surface area contributed by atoms with Gasteiger partial charge < -0.3 is 0 Å². The minimum absolute atomic E-state index is 0.313. The molecule has 3 aromatic rings. The molecule has 1 heterocycles. The molecule has 0 radical (unpaired) electrons. The van der Waals surface area contributed by atoms with E-state index in [0.717, 1.165) is 10.8 Å². The summed E-state index contributed by atoms with van der Waals surface area (Å²) in [6, 6.07) is 16.5. The average Bonchev–Trinajstić information content (AvgIpc) is 2.55. The minimum atomic E-state index is -0.313. The Balaban J connectivity index is 2.04. The largest absolute Gasteiger partial charge is 0.268 e. The topological polar surface area (TPSA) is 37.4 Å². The number of carbonyl (C=O) groups is 2. The van der Waals surface area contributed by atoms with Gasteiger partial charge in [-0.3, -0.25) is 9.59 Å². The molecule has 4 rings (SSSR count). The van der Waals surface area contributed by atoms with Crippen LogP contribution in [0.3, 0.4) is 0 Å². The van der Waals surface area contributed by atoms with Crippen LogP contribution in [0.25, 0.3) is 10.8 Å². The van der Waals surface area contributed by atoms with E-state index in [-0.39, 0.29) is 11.8 Å². The van der Waals surface area contributed by atoms with Gasteiger partial charge in [-0.25, -0.2) is 4.90 Å². The first-order valence-corrected chi connectivity index (χ1v) is 8.53. The monoisotopic (exact) mass is 429 g/mol. The van der Waals surface area contributed by atoms with Crippen molar-refractivity contribution in [1.29, 1.82) is 0 Å². The summed E-state index contributed by atoms with van der Waals surface area (Å²) in [7, 11) is 0. The van der Waals surface area contributed by atoms with Crippen molar-refractivity contribution in [3.8, 4) is 0 Å². The quantitative estimate of drug-likeness (QED) is 0.499. The number of benzene rings is 3. The lowest BCUT2D eigenvalue weighted by molar-refractivity contribution is 0.0893. The van der Waals surface area contributed by atoms with E-state index in [1.807, 2.05) is 42.5 Å². The van der Waals surface area contributed by atoms with Crippen LogP contribution in [-0.4, -0.2) is 11.8 Å². The lowest BCUT2D eigenvalue weighted by Gasteiger charge is -2.28. The highest BCUT2D eigenvalue weighted by Crippen LogP contribution is 2.39. The Morgan fingerprint density at radius 1 is 0.696 bits per heavy atom. The van der Waals surface area contributed by atoms with Gasteiger partial charge in [0.2, 0.25) is 0 Å². The standard InChI is InChI=1S/C18H9Br2NO2/c19-13-8-3-9-14(20)16(13)21-17(22)11-6-1-4-10-5-2-7-12(15(10)11)18(21)23/h1-9H. The Hall–Kier alpha value is -1.98. The summed E-state index contributed by atoms with van der Waals surface area (Å²) in [6.45, 7) is 0. The third-order valence-electron chi connectivity index (χ3n) is 3.93. The van der Waals surface area contributed by atoms with Gasteiger partial charge in [-0.1, -0.05) is 30.3 Å². The number of halogens is 2. The molecule has 1 aliphatic rings. The van der Waals surface area contributed by atoms with Gasteiger partial charge in [0, 0.05) is 25.5 Å². The van der Waals surface area contributed by atoms with Crippen LogP contribution < -0.4 is 4.90 Å². The van der Waals surface area contributed by atoms with Crippen LogP contribution in [-0.2, 0) is 0 Å². The molecule has 0 fully saturated rings. The number of hydrogen-bond donors (Lipinski definition) is 0. The SMILES string of the molecule is O=C1c2cccc3cccc(c23)C(=O)N1c1c(Br)cccc1Br. The second-order valence-corrected chi connectivity index (χ2v) is 6.93. The highest BCUT2D eigenvalue weighted by Gasteiger charge is 2.35. The summed E-state index contributed by atoms with van der Waals surface area (Å²) in [5.41, 5.74) is 1.61. The fourth-order valence-electron chi connectivity index (χ4n) is 2.94. The van der Waals surface area contributed by atoms with Crippen molar-refractivity contribution in [2.45, 2.75) is 0 Å². The molecule has 1 aliphatic heterocycles. The molecule has 0 saturated heterocycles. The molecule has 0 spiro atoms. The molecule has 0 saturated carbocycles. The molecular formula is C18H9Br2NO2. The molecule has 2 amide bonds. The van der Waals surface area contributed by atoms with Gasteiger partial charge in [-0.05, 0) is 61.5 Å². The van der Waals surface area contributed by atoms with Crippen LogP contribution in [0.5, 0.6) is 0 Å². The number of rotatable bonds is 1. The maximum absolute atomic E-state index is 13.0. The van der Waals surface area contributed by atoms with Gasteiger partial charge in [0.05, 0.1) is 5.69 Å². The summed E-state index contributed by atoms with van der Waals surface area (Å²) in [5, 5.41) is 1.62. The molecule has 23 heavy (non-hydrogen) atoms. The molecular weight excluding hydrogens is 422 g/mol. The smallest absolute Gasteiger partial charge is 0.266 e. The Morgan fingerprint density at radius 3 is 1.70 bits per heavy atom. The van der Waals surface area contributed by atoms with Gasteiger partial charge in [0.15, 0.2) is 0 Å². The van der Waals surface area contributed by atoms with Crippen molar-refractivity contribution in [3.63, 3.8) is 0 Å². The van der Waals surface area contributed by atoms with E-state index in [0.29, 0.717) is 25.8 Å². The molecule has 3 aromatic carbocycles. The third-order valence-corrected chi connectivity index (χ3v) is 5.21. The second-order valence-electron chi connectivity index (χ2n) is 5.23. The first-order valence-electron chi connectivity index (χ1n) is 6.94. The molecule has 0 N–H and O–H groups in total. The highest BCUT2D eigenvalue weighted by atomic mass is 79.9. The van der Waals surface area contributed by atoms with Crippen LogP contribution in [0.15, 0.2) is 63.5 Å². The first kappa shape index (κ1) is 14.6. The first-order chi connectivity index (χ1) is 11.1. The molecule has 112 valence electrons. The molecule has 0 unspecified atom stereocenters. The van der Waals surface area contributed by atoms with Crippen LogP contribution in [0.2, 0.25) is 0 Å². The van der Waals surface area contributed by atoms with Gasteiger partial charge >= 0.3 is 0 Å². The summed E-state index contributed by atoms with van der Waals surface area (Å²) < 4.78 is 1.36. The molecule has 0 atom stereocenters. The number of anilines is 1. The molecule has 0 bridgehead atoms. The van der Waals surface area contributed by atoms with Gasteiger partial charge in [-0.15, -0.1) is 0 Å². The summed E-state index contributed by atoms with van der Waals surface area (Å²) in [5.74, 6) is -0.626. The molecule has 5 heteroatoms. The lowest BCUT2D eigenvalue weighted by Crippen LogP contribution is -2.40. The van der Waals surface area contributed by atoms with Crippen LogP contribution in [0, 0.1) is 0 Å². The van der Waals surface area contributed by atoms with E-state index in [9.17, 15) is 9.59 Å². The normalized spacial score (nSPS) is 13.7. The van der Waals surface area contributed by atoms with Crippen molar-refractivity contribution < 1.29 is 9.59 Å². The van der Waals surface area contributed by atoms with Crippen molar-refractivity contribution in [2.24, 2.45) is 0 Å². The van der Waals surface area contributed by atoms with Crippen LogP contribution in [0.4, 0.5) is 5.69 Å². The van der Waals surface area contributed by atoms with E-state index >= 15 is 0 Å². The second kappa shape index (κ2) is 5.28. The average molecular weight is 431 g/mol. The number of imide groups is 1. The molecule has 0 aliphatic carbocycles. The predicted octanol–water partition coefficient (Wildman–Crippen LogP) is 5.17. The Bertz CT molecular complexity index is 926. The Kier molecular flexibility index (Phi) is 3.36. The van der Waals surface area contributed by atoms with E-state index in [1.54, 1.807) is 12.1 Å². The summed E-state index contributed by atoms with van der Waals surface area (Å²) in [6.07, 6.45) is 0. The lowest BCUT2D eigenvalue weighted by atomic mass is 9.94. The van der Waals surface area contributed by atoms with E-state index in [1.165, 1.54) is 4.90 Å². The predicted molar refractivity (Wildman–Crippen MR) is 96.9 cm³/mol. The van der Waals surface area contributed by atoms with Crippen LogP contribution >= 0.6 is 31.9 Å². The maximum Gasteiger partial charge on any atom is 0.266 e. The van der Waals surface area contributed by atoms with Gasteiger partial charge in [-0.2, -0.15) is 0 Å². The summed E-state index contributed by atoms with van der Waals surface area (Å²) in [4.78, 5) is 27.2. The zero-order valence-electron chi connectivity index (χ0n) is 11.7. The van der Waals surface area contributed by atoms with Crippen LogP contribution in [0.1, 0.15) is 20.7 Å². The third kappa shape index (κ3) is 2.07. The minimum Gasteiger partial charge on any atom is -0.268 e. The fraction of sp³-hybridized carbons (Fsp3) is 0. The highest BCUT2D eigenvalue weighted by molar-refractivity contribution is 9.11. The Labute approximate surface area is 149 Å². The fourth-order valence-corrected chi connectivity index (χ4v) is 4.29. The van der Waals surface area contributed by atoms with Gasteiger partial charge in [0.25, 0.3) is 11.8 Å². The van der Waals surface area contributed by atoms with E-state index in [2.05, 4.69) is 31.9 Å². The number of carbonyl (C=O) groups excluding carboxylic acids is 2.